The van der Waals surface area contributed by atoms with Crippen LogP contribution in [0.25, 0.3) is 0 Å². The van der Waals surface area contributed by atoms with E-state index in [1.54, 1.807) is 6.92 Å². The normalized spacial score (nSPS) is 31.4. The first kappa shape index (κ1) is 8.73. The van der Waals surface area contributed by atoms with Crippen molar-refractivity contribution in [2.75, 3.05) is 0 Å². The Kier molecular flexibility index (Phi) is 1.90. The Morgan fingerprint density at radius 1 is 1.46 bits per heavy atom. The highest BCUT2D eigenvalue weighted by molar-refractivity contribution is 6.65. The fourth-order valence-electron chi connectivity index (χ4n) is 1.37. The van der Waals surface area contributed by atoms with Crippen LogP contribution in [0.2, 0.25) is 0 Å². The van der Waals surface area contributed by atoms with Gasteiger partial charge < -0.3 is 4.74 Å². The van der Waals surface area contributed by atoms with Gasteiger partial charge in [-0.15, -0.1) is 0 Å². The van der Waals surface area contributed by atoms with E-state index in [4.69, 9.17) is 16.3 Å². The smallest absolute Gasteiger partial charge is 0.256 e. The van der Waals surface area contributed by atoms with Crippen molar-refractivity contribution < 1.29 is 9.53 Å². The van der Waals surface area contributed by atoms with Gasteiger partial charge in [-0.3, -0.25) is 4.79 Å². The van der Waals surface area contributed by atoms with E-state index in [0.717, 1.165) is 5.56 Å². The van der Waals surface area contributed by atoms with Crippen LogP contribution in [0.1, 0.15) is 18.6 Å². The van der Waals surface area contributed by atoms with E-state index < -0.39 is 10.8 Å². The van der Waals surface area contributed by atoms with E-state index in [-0.39, 0.29) is 6.10 Å². The molecule has 1 saturated heterocycles. The van der Waals surface area contributed by atoms with Crippen LogP contribution in [0.15, 0.2) is 30.3 Å². The fourth-order valence-corrected chi connectivity index (χ4v) is 1.52. The zero-order valence-corrected chi connectivity index (χ0v) is 7.91. The van der Waals surface area contributed by atoms with Crippen LogP contribution in [-0.2, 0) is 9.53 Å². The minimum atomic E-state index is -0.803. The molecule has 1 heterocycles. The lowest BCUT2D eigenvalue weighted by atomic mass is 10.0. The molecule has 0 spiro atoms. The number of benzene rings is 1. The minimum absolute atomic E-state index is 0.168. The first-order valence-corrected chi connectivity index (χ1v) is 4.45. The molecule has 1 fully saturated rings. The summed E-state index contributed by atoms with van der Waals surface area (Å²) in [6, 6.07) is 9.60. The molecule has 0 radical (unpaired) electrons. The van der Waals surface area contributed by atoms with E-state index in [9.17, 15) is 4.79 Å². The summed E-state index contributed by atoms with van der Waals surface area (Å²) < 4.78 is 5.27. The number of halogens is 1. The molecule has 2 atom stereocenters. The van der Waals surface area contributed by atoms with Crippen molar-refractivity contribution in [1.29, 1.82) is 0 Å². The molecule has 13 heavy (non-hydrogen) atoms. The van der Waals surface area contributed by atoms with Crippen molar-refractivity contribution in [3.8, 4) is 0 Å². The average Bonchev–Trinajstić information content (AvgIpc) is 2.81. The van der Waals surface area contributed by atoms with Gasteiger partial charge in [-0.25, -0.2) is 0 Å². The molecule has 68 valence electrons. The minimum Gasteiger partial charge on any atom is -0.351 e. The lowest BCUT2D eigenvalue weighted by Crippen LogP contribution is -2.15. The number of ether oxygens (including phenoxy) is 1. The summed E-state index contributed by atoms with van der Waals surface area (Å²) in [6.45, 7) is 1.71. The third-order valence-corrected chi connectivity index (χ3v) is 2.67. The van der Waals surface area contributed by atoms with Crippen LogP contribution < -0.4 is 0 Å². The predicted octanol–water partition coefficient (Wildman–Crippen LogP) is 2.28. The molecule has 0 aliphatic carbocycles. The van der Waals surface area contributed by atoms with Crippen molar-refractivity contribution >= 4 is 16.8 Å². The van der Waals surface area contributed by atoms with Crippen molar-refractivity contribution in [3.05, 3.63) is 35.9 Å². The summed E-state index contributed by atoms with van der Waals surface area (Å²) in [6.07, 6.45) is -0.168. The number of carbonyl (C=O) groups excluding carboxylic acids is 1. The van der Waals surface area contributed by atoms with Gasteiger partial charge in [0.15, 0.2) is 5.60 Å². The molecular formula is C10H9ClO2. The van der Waals surface area contributed by atoms with E-state index >= 15 is 0 Å². The highest BCUT2D eigenvalue weighted by atomic mass is 35.5. The highest BCUT2D eigenvalue weighted by Crippen LogP contribution is 2.50. The van der Waals surface area contributed by atoms with Crippen molar-refractivity contribution in [3.63, 3.8) is 0 Å². The zero-order chi connectivity index (χ0) is 9.47. The van der Waals surface area contributed by atoms with Crippen LogP contribution in [0, 0.1) is 0 Å². The van der Waals surface area contributed by atoms with Crippen LogP contribution in [0.5, 0.6) is 0 Å². The van der Waals surface area contributed by atoms with Crippen LogP contribution in [0.4, 0.5) is 0 Å². The Hall–Kier alpha value is -0.860. The topological polar surface area (TPSA) is 29.6 Å². The average molecular weight is 197 g/mol. The third kappa shape index (κ3) is 1.36. The number of epoxide rings is 1. The van der Waals surface area contributed by atoms with Crippen molar-refractivity contribution in [2.45, 2.75) is 18.6 Å². The van der Waals surface area contributed by atoms with Crippen LogP contribution >= 0.6 is 11.6 Å². The van der Waals surface area contributed by atoms with Gasteiger partial charge in [0.2, 0.25) is 0 Å². The molecule has 0 saturated carbocycles. The maximum Gasteiger partial charge on any atom is 0.256 e. The molecule has 0 aromatic heterocycles. The molecule has 0 amide bonds. The van der Waals surface area contributed by atoms with Gasteiger partial charge in [-0.2, -0.15) is 0 Å². The number of rotatable bonds is 2. The van der Waals surface area contributed by atoms with Gasteiger partial charge in [0.05, 0.1) is 0 Å². The van der Waals surface area contributed by atoms with E-state index in [1.165, 1.54) is 0 Å². The molecule has 2 rings (SSSR count). The third-order valence-electron chi connectivity index (χ3n) is 2.30. The summed E-state index contributed by atoms with van der Waals surface area (Å²) in [5.74, 6) is 0. The molecule has 1 aromatic rings. The van der Waals surface area contributed by atoms with E-state index in [2.05, 4.69) is 0 Å². The summed E-state index contributed by atoms with van der Waals surface area (Å²) in [7, 11) is 0. The Labute approximate surface area is 81.5 Å². The van der Waals surface area contributed by atoms with E-state index in [0.29, 0.717) is 0 Å². The molecule has 0 unspecified atom stereocenters. The fraction of sp³-hybridized carbons (Fsp3) is 0.300. The van der Waals surface area contributed by atoms with Gasteiger partial charge in [0, 0.05) is 0 Å². The summed E-state index contributed by atoms with van der Waals surface area (Å²) in [5, 5.41) is -0.429. The number of hydrogen-bond acceptors (Lipinski definition) is 2. The first-order chi connectivity index (χ1) is 6.14. The quantitative estimate of drug-likeness (QED) is 0.537. The Bertz CT molecular complexity index is 336. The standard InChI is InChI=1S/C10H9ClO2/c1-10(9(11)12)8(13-10)7-5-3-2-4-6-7/h2-6,8H,1H3/t8-,10+/m1/s1. The molecule has 1 aromatic carbocycles. The molecule has 1 aliphatic heterocycles. The summed E-state index contributed by atoms with van der Waals surface area (Å²) in [5.41, 5.74) is 0.196. The monoisotopic (exact) mass is 196 g/mol. The van der Waals surface area contributed by atoms with Crippen LogP contribution in [0.3, 0.4) is 0 Å². The second-order valence-corrected chi connectivity index (χ2v) is 3.63. The van der Waals surface area contributed by atoms with Crippen LogP contribution in [-0.4, -0.2) is 10.8 Å². The predicted molar refractivity (Wildman–Crippen MR) is 49.5 cm³/mol. The SMILES string of the molecule is C[C@]1(C(=O)Cl)O[C@@H]1c1ccccc1. The Morgan fingerprint density at radius 2 is 2.08 bits per heavy atom. The zero-order valence-electron chi connectivity index (χ0n) is 7.16. The highest BCUT2D eigenvalue weighted by Gasteiger charge is 2.58. The van der Waals surface area contributed by atoms with Gasteiger partial charge in [0.25, 0.3) is 5.24 Å². The second kappa shape index (κ2) is 2.82. The van der Waals surface area contributed by atoms with E-state index in [1.807, 2.05) is 30.3 Å². The number of carbonyl (C=O) groups is 1. The lowest BCUT2D eigenvalue weighted by molar-refractivity contribution is -0.115. The second-order valence-electron chi connectivity index (χ2n) is 3.29. The van der Waals surface area contributed by atoms with Gasteiger partial charge in [-0.05, 0) is 24.1 Å². The molecule has 2 nitrogen and oxygen atoms in total. The summed E-state index contributed by atoms with van der Waals surface area (Å²) in [4.78, 5) is 11.0. The molecular weight excluding hydrogens is 188 g/mol. The Balaban J connectivity index is 2.21. The maximum atomic E-state index is 11.0. The van der Waals surface area contributed by atoms with Gasteiger partial charge in [0.1, 0.15) is 6.10 Å². The van der Waals surface area contributed by atoms with Gasteiger partial charge in [-0.1, -0.05) is 30.3 Å². The molecule has 0 bridgehead atoms. The molecule has 1 aliphatic rings. The lowest BCUT2D eigenvalue weighted by Gasteiger charge is -1.97. The maximum absolute atomic E-state index is 11.0. The molecule has 0 N–H and O–H groups in total. The van der Waals surface area contributed by atoms with Crippen molar-refractivity contribution in [1.82, 2.24) is 0 Å². The van der Waals surface area contributed by atoms with Gasteiger partial charge >= 0.3 is 0 Å². The summed E-state index contributed by atoms with van der Waals surface area (Å²) >= 11 is 5.40. The largest absolute Gasteiger partial charge is 0.351 e. The number of hydrogen-bond donors (Lipinski definition) is 0. The van der Waals surface area contributed by atoms with Crippen molar-refractivity contribution in [2.24, 2.45) is 0 Å². The molecule has 3 heteroatoms. The Morgan fingerprint density at radius 3 is 2.54 bits per heavy atom. The first-order valence-electron chi connectivity index (χ1n) is 4.07.